The SMILES string of the molecule is CCCn1ccnc(N(C)CCNC2CC2)c1=O. The van der Waals surface area contributed by atoms with Crippen LogP contribution in [0, 0.1) is 0 Å². The van der Waals surface area contributed by atoms with Gasteiger partial charge in [-0.2, -0.15) is 0 Å². The van der Waals surface area contributed by atoms with Crippen LogP contribution in [0.1, 0.15) is 26.2 Å². The van der Waals surface area contributed by atoms with E-state index in [2.05, 4.69) is 17.2 Å². The fourth-order valence-electron chi connectivity index (χ4n) is 1.94. The molecule has 1 saturated carbocycles. The predicted octanol–water partition coefficient (Wildman–Crippen LogP) is 0.841. The molecule has 0 bridgehead atoms. The van der Waals surface area contributed by atoms with Gasteiger partial charge in [-0.05, 0) is 19.3 Å². The quantitative estimate of drug-likeness (QED) is 0.779. The summed E-state index contributed by atoms with van der Waals surface area (Å²) in [7, 11) is 1.93. The molecule has 1 heterocycles. The molecule has 0 atom stereocenters. The maximum Gasteiger partial charge on any atom is 0.293 e. The Morgan fingerprint density at radius 3 is 3.00 bits per heavy atom. The standard InChI is InChI=1S/C13H22N4O/c1-3-8-17-10-7-15-12(13(17)18)16(2)9-6-14-11-4-5-11/h7,10-11,14H,3-6,8-9H2,1-2H3. The van der Waals surface area contributed by atoms with E-state index in [0.29, 0.717) is 11.9 Å². The van der Waals surface area contributed by atoms with Crippen molar-refractivity contribution in [3.63, 3.8) is 0 Å². The Morgan fingerprint density at radius 2 is 2.33 bits per heavy atom. The van der Waals surface area contributed by atoms with Gasteiger partial charge in [0.2, 0.25) is 0 Å². The van der Waals surface area contributed by atoms with Crippen LogP contribution >= 0.6 is 0 Å². The molecule has 1 aromatic heterocycles. The molecule has 18 heavy (non-hydrogen) atoms. The molecule has 1 aromatic rings. The van der Waals surface area contributed by atoms with Gasteiger partial charge in [0.05, 0.1) is 0 Å². The van der Waals surface area contributed by atoms with Gasteiger partial charge >= 0.3 is 0 Å². The zero-order valence-electron chi connectivity index (χ0n) is 11.2. The van der Waals surface area contributed by atoms with Crippen molar-refractivity contribution in [3.05, 3.63) is 22.7 Å². The van der Waals surface area contributed by atoms with Crippen molar-refractivity contribution in [1.82, 2.24) is 14.9 Å². The lowest BCUT2D eigenvalue weighted by Crippen LogP contribution is -2.35. The van der Waals surface area contributed by atoms with Crippen LogP contribution in [0.3, 0.4) is 0 Å². The number of hydrogen-bond acceptors (Lipinski definition) is 4. The minimum Gasteiger partial charge on any atom is -0.354 e. The van der Waals surface area contributed by atoms with Crippen LogP contribution in [0.25, 0.3) is 0 Å². The summed E-state index contributed by atoms with van der Waals surface area (Å²) in [6.07, 6.45) is 6.99. The zero-order valence-corrected chi connectivity index (χ0v) is 11.2. The topological polar surface area (TPSA) is 50.2 Å². The van der Waals surface area contributed by atoms with Crippen LogP contribution in [0.4, 0.5) is 5.82 Å². The third-order valence-electron chi connectivity index (χ3n) is 3.18. The highest BCUT2D eigenvalue weighted by Crippen LogP contribution is 2.18. The van der Waals surface area contributed by atoms with Crippen molar-refractivity contribution in [2.45, 2.75) is 38.8 Å². The molecule has 100 valence electrons. The minimum absolute atomic E-state index is 0.00766. The molecule has 1 N–H and O–H groups in total. The van der Waals surface area contributed by atoms with Crippen LogP contribution in [0.2, 0.25) is 0 Å². The third kappa shape index (κ3) is 3.32. The molecular formula is C13H22N4O. The predicted molar refractivity (Wildman–Crippen MR) is 73.1 cm³/mol. The Balaban J connectivity index is 1.97. The fraction of sp³-hybridized carbons (Fsp3) is 0.692. The molecule has 0 unspecified atom stereocenters. The maximum atomic E-state index is 12.1. The van der Waals surface area contributed by atoms with Crippen LogP contribution in [-0.4, -0.2) is 35.7 Å². The van der Waals surface area contributed by atoms with Crippen LogP contribution in [0.5, 0.6) is 0 Å². The van der Waals surface area contributed by atoms with Gasteiger partial charge in [-0.15, -0.1) is 0 Å². The molecule has 0 radical (unpaired) electrons. The summed E-state index contributed by atoms with van der Waals surface area (Å²) < 4.78 is 1.73. The first kappa shape index (κ1) is 13.1. The molecular weight excluding hydrogens is 228 g/mol. The first-order valence-corrected chi connectivity index (χ1v) is 6.72. The van der Waals surface area contributed by atoms with E-state index < -0.39 is 0 Å². The molecule has 1 aliphatic rings. The largest absolute Gasteiger partial charge is 0.354 e. The number of nitrogens with one attached hydrogen (secondary N) is 1. The molecule has 5 nitrogen and oxygen atoms in total. The molecule has 0 spiro atoms. The van der Waals surface area contributed by atoms with Gasteiger partial charge in [-0.1, -0.05) is 6.92 Å². The number of anilines is 1. The number of rotatable bonds is 7. The Morgan fingerprint density at radius 1 is 1.56 bits per heavy atom. The van der Waals surface area contributed by atoms with E-state index in [0.717, 1.165) is 26.1 Å². The van der Waals surface area contributed by atoms with E-state index in [9.17, 15) is 4.79 Å². The average Bonchev–Trinajstić information content (AvgIpc) is 3.16. The number of hydrogen-bond donors (Lipinski definition) is 1. The van der Waals surface area contributed by atoms with Gasteiger partial charge in [0, 0.05) is 45.1 Å². The Bertz CT molecular complexity index is 439. The number of aryl methyl sites for hydroxylation is 1. The Labute approximate surface area is 108 Å². The number of likely N-dealkylation sites (N-methyl/N-ethyl adjacent to an activating group) is 1. The second-order valence-electron chi connectivity index (χ2n) is 4.90. The monoisotopic (exact) mass is 250 g/mol. The van der Waals surface area contributed by atoms with E-state index >= 15 is 0 Å². The number of nitrogens with zero attached hydrogens (tertiary/aromatic N) is 3. The van der Waals surface area contributed by atoms with Gasteiger partial charge in [-0.25, -0.2) is 4.98 Å². The lowest BCUT2D eigenvalue weighted by molar-refractivity contribution is 0.636. The summed E-state index contributed by atoms with van der Waals surface area (Å²) in [6, 6.07) is 0.707. The van der Waals surface area contributed by atoms with E-state index in [1.54, 1.807) is 17.0 Å². The summed E-state index contributed by atoms with van der Waals surface area (Å²) >= 11 is 0. The van der Waals surface area contributed by atoms with Crippen LogP contribution in [0.15, 0.2) is 17.2 Å². The Hall–Kier alpha value is -1.36. The molecule has 0 aliphatic heterocycles. The lowest BCUT2D eigenvalue weighted by Gasteiger charge is -2.18. The summed E-state index contributed by atoms with van der Waals surface area (Å²) in [5.41, 5.74) is 0.00766. The van der Waals surface area contributed by atoms with Crippen molar-refractivity contribution < 1.29 is 0 Å². The van der Waals surface area contributed by atoms with Gasteiger partial charge in [0.15, 0.2) is 5.82 Å². The highest BCUT2D eigenvalue weighted by Gasteiger charge is 2.20. The highest BCUT2D eigenvalue weighted by molar-refractivity contribution is 5.34. The molecule has 2 rings (SSSR count). The van der Waals surface area contributed by atoms with Crippen molar-refractivity contribution in [2.75, 3.05) is 25.0 Å². The summed E-state index contributed by atoms with van der Waals surface area (Å²) in [5.74, 6) is 0.545. The summed E-state index contributed by atoms with van der Waals surface area (Å²) in [6.45, 7) is 4.54. The first-order valence-electron chi connectivity index (χ1n) is 6.72. The molecule has 1 fully saturated rings. The molecule has 0 aromatic carbocycles. The van der Waals surface area contributed by atoms with Crippen LogP contribution in [-0.2, 0) is 6.54 Å². The zero-order chi connectivity index (χ0) is 13.0. The normalized spacial score (nSPS) is 14.8. The summed E-state index contributed by atoms with van der Waals surface area (Å²) in [5, 5.41) is 3.44. The fourth-order valence-corrected chi connectivity index (χ4v) is 1.94. The second kappa shape index (κ2) is 6.00. The van der Waals surface area contributed by atoms with Gasteiger partial charge in [0.1, 0.15) is 0 Å². The number of aromatic nitrogens is 2. The van der Waals surface area contributed by atoms with E-state index in [1.165, 1.54) is 12.8 Å². The van der Waals surface area contributed by atoms with Gasteiger partial charge in [-0.3, -0.25) is 4.79 Å². The van der Waals surface area contributed by atoms with Gasteiger partial charge in [0.25, 0.3) is 5.56 Å². The molecule has 1 aliphatic carbocycles. The molecule has 0 amide bonds. The van der Waals surface area contributed by atoms with Crippen LogP contribution < -0.4 is 15.8 Å². The van der Waals surface area contributed by atoms with Crippen molar-refractivity contribution in [2.24, 2.45) is 0 Å². The second-order valence-corrected chi connectivity index (χ2v) is 4.90. The summed E-state index contributed by atoms with van der Waals surface area (Å²) in [4.78, 5) is 18.3. The van der Waals surface area contributed by atoms with Crippen molar-refractivity contribution in [3.8, 4) is 0 Å². The first-order chi connectivity index (χ1) is 8.72. The molecule has 5 heteroatoms. The van der Waals surface area contributed by atoms with E-state index in [4.69, 9.17) is 0 Å². The van der Waals surface area contributed by atoms with E-state index in [1.807, 2.05) is 11.9 Å². The highest BCUT2D eigenvalue weighted by atomic mass is 16.1. The third-order valence-corrected chi connectivity index (χ3v) is 3.18. The molecule has 0 saturated heterocycles. The van der Waals surface area contributed by atoms with Crippen molar-refractivity contribution >= 4 is 5.82 Å². The maximum absolute atomic E-state index is 12.1. The minimum atomic E-state index is 0.00766. The lowest BCUT2D eigenvalue weighted by atomic mass is 10.4. The van der Waals surface area contributed by atoms with Crippen molar-refractivity contribution in [1.29, 1.82) is 0 Å². The Kier molecular flexibility index (Phi) is 4.36. The van der Waals surface area contributed by atoms with E-state index in [-0.39, 0.29) is 5.56 Å². The smallest absolute Gasteiger partial charge is 0.293 e. The average molecular weight is 250 g/mol. The van der Waals surface area contributed by atoms with Gasteiger partial charge < -0.3 is 14.8 Å².